The smallest absolute Gasteiger partial charge is 0.252 e. The largest absolute Gasteiger partial charge is 0.296 e. The van der Waals surface area contributed by atoms with Crippen LogP contribution in [0.5, 0.6) is 0 Å². The highest BCUT2D eigenvalue weighted by Gasteiger charge is 2.29. The van der Waals surface area contributed by atoms with E-state index in [2.05, 4.69) is 4.90 Å². The summed E-state index contributed by atoms with van der Waals surface area (Å²) in [5, 5.41) is 0.746. The second kappa shape index (κ2) is 7.09. The van der Waals surface area contributed by atoms with Crippen molar-refractivity contribution in [3.63, 3.8) is 0 Å². The van der Waals surface area contributed by atoms with Gasteiger partial charge in [-0.3, -0.25) is 4.90 Å². The van der Waals surface area contributed by atoms with Gasteiger partial charge in [0.2, 0.25) is 0 Å². The Labute approximate surface area is 150 Å². The fourth-order valence-corrected chi connectivity index (χ4v) is 5.81. The molecule has 0 unspecified atom stereocenters. The number of piperazine rings is 1. The third-order valence-corrected chi connectivity index (χ3v) is 7.79. The Kier molecular flexibility index (Phi) is 5.30. The minimum absolute atomic E-state index is 0.307. The minimum Gasteiger partial charge on any atom is -0.296 e. The summed E-state index contributed by atoms with van der Waals surface area (Å²) in [7, 11) is -3.43. The topological polar surface area (TPSA) is 40.6 Å². The number of hydrogen-bond donors (Lipinski definition) is 0. The lowest BCUT2D eigenvalue weighted by Crippen LogP contribution is -2.48. The molecule has 0 spiro atoms. The summed E-state index contributed by atoms with van der Waals surface area (Å²) < 4.78 is 27.4. The summed E-state index contributed by atoms with van der Waals surface area (Å²) >= 11 is 13.1. The highest BCUT2D eigenvalue weighted by molar-refractivity contribution is 7.91. The van der Waals surface area contributed by atoms with Crippen molar-refractivity contribution in [1.82, 2.24) is 9.21 Å². The van der Waals surface area contributed by atoms with Crippen molar-refractivity contribution in [3.05, 3.63) is 51.3 Å². The molecule has 0 aliphatic carbocycles. The fraction of sp³-hybridized carbons (Fsp3) is 0.333. The lowest BCUT2D eigenvalue weighted by Gasteiger charge is -2.33. The molecule has 1 fully saturated rings. The van der Waals surface area contributed by atoms with E-state index in [0.717, 1.165) is 28.5 Å². The van der Waals surface area contributed by atoms with Crippen LogP contribution in [0.25, 0.3) is 0 Å². The van der Waals surface area contributed by atoms with Gasteiger partial charge >= 0.3 is 0 Å². The minimum atomic E-state index is -3.43. The number of thiophene rings is 1. The van der Waals surface area contributed by atoms with Crippen LogP contribution >= 0.6 is 34.5 Å². The molecular formula is C15H16Cl2N2O2S2. The summed E-state index contributed by atoms with van der Waals surface area (Å²) in [4.78, 5) is 2.22. The molecule has 1 aliphatic heterocycles. The molecule has 0 bridgehead atoms. The van der Waals surface area contributed by atoms with Crippen molar-refractivity contribution < 1.29 is 8.42 Å². The van der Waals surface area contributed by atoms with E-state index in [1.807, 2.05) is 24.3 Å². The molecule has 1 aliphatic rings. The zero-order valence-electron chi connectivity index (χ0n) is 12.3. The predicted octanol–water partition coefficient (Wildman–Crippen LogP) is 3.56. The van der Waals surface area contributed by atoms with E-state index < -0.39 is 10.0 Å². The van der Waals surface area contributed by atoms with Gasteiger partial charge in [-0.1, -0.05) is 41.4 Å². The summed E-state index contributed by atoms with van der Waals surface area (Å²) in [5.74, 6) is 0. The monoisotopic (exact) mass is 390 g/mol. The zero-order valence-corrected chi connectivity index (χ0v) is 15.4. The van der Waals surface area contributed by atoms with E-state index in [-0.39, 0.29) is 0 Å². The quantitative estimate of drug-likeness (QED) is 0.800. The average Bonchev–Trinajstić information content (AvgIpc) is 2.98. The third kappa shape index (κ3) is 3.90. The molecule has 0 N–H and O–H groups in total. The van der Waals surface area contributed by atoms with Crippen LogP contribution in [0.3, 0.4) is 0 Å². The number of benzene rings is 1. The standard InChI is InChI=1S/C15H16Cl2N2O2S2/c16-13-4-2-1-3-12(13)11-18-7-9-19(10-8-18)23(20,21)15-6-5-14(17)22-15/h1-6H,7-11H2. The molecule has 1 aromatic carbocycles. The molecule has 8 heteroatoms. The van der Waals surface area contributed by atoms with Crippen LogP contribution in [0.1, 0.15) is 5.56 Å². The lowest BCUT2D eigenvalue weighted by atomic mass is 10.2. The van der Waals surface area contributed by atoms with Gasteiger partial charge in [0.15, 0.2) is 0 Å². The van der Waals surface area contributed by atoms with Gasteiger partial charge in [0.25, 0.3) is 10.0 Å². The van der Waals surface area contributed by atoms with Crippen LogP contribution in [0.2, 0.25) is 9.36 Å². The van der Waals surface area contributed by atoms with E-state index in [0.29, 0.717) is 34.7 Å². The highest BCUT2D eigenvalue weighted by Crippen LogP contribution is 2.28. The van der Waals surface area contributed by atoms with Crippen molar-refractivity contribution in [2.75, 3.05) is 26.2 Å². The molecule has 0 radical (unpaired) electrons. The van der Waals surface area contributed by atoms with Crippen molar-refractivity contribution in [2.45, 2.75) is 10.8 Å². The molecule has 1 aromatic heterocycles. The molecular weight excluding hydrogens is 375 g/mol. The van der Waals surface area contributed by atoms with E-state index in [1.54, 1.807) is 12.1 Å². The van der Waals surface area contributed by atoms with Gasteiger partial charge in [-0.2, -0.15) is 4.31 Å². The van der Waals surface area contributed by atoms with E-state index in [1.165, 1.54) is 4.31 Å². The Hall–Kier alpha value is -0.630. The average molecular weight is 391 g/mol. The van der Waals surface area contributed by atoms with Crippen molar-refractivity contribution >= 4 is 44.6 Å². The first-order chi connectivity index (χ1) is 11.0. The molecule has 3 rings (SSSR count). The molecule has 2 heterocycles. The molecule has 23 heavy (non-hydrogen) atoms. The van der Waals surface area contributed by atoms with Gasteiger partial charge < -0.3 is 0 Å². The Morgan fingerprint density at radius 2 is 1.70 bits per heavy atom. The van der Waals surface area contributed by atoms with Crippen LogP contribution in [-0.2, 0) is 16.6 Å². The highest BCUT2D eigenvalue weighted by atomic mass is 35.5. The van der Waals surface area contributed by atoms with E-state index in [9.17, 15) is 8.42 Å². The van der Waals surface area contributed by atoms with Crippen molar-refractivity contribution in [3.8, 4) is 0 Å². The molecule has 0 atom stereocenters. The van der Waals surface area contributed by atoms with Crippen molar-refractivity contribution in [2.24, 2.45) is 0 Å². The summed E-state index contributed by atoms with van der Waals surface area (Å²) in [6.07, 6.45) is 0. The van der Waals surface area contributed by atoms with Crippen LogP contribution < -0.4 is 0 Å². The Bertz CT molecular complexity index is 784. The maximum Gasteiger partial charge on any atom is 0.252 e. The number of nitrogens with zero attached hydrogens (tertiary/aromatic N) is 2. The summed E-state index contributed by atoms with van der Waals surface area (Å²) in [6, 6.07) is 10.9. The van der Waals surface area contributed by atoms with E-state index in [4.69, 9.17) is 23.2 Å². The predicted molar refractivity (Wildman–Crippen MR) is 94.8 cm³/mol. The van der Waals surface area contributed by atoms with Gasteiger partial charge in [0.05, 0.1) is 4.34 Å². The Morgan fingerprint density at radius 1 is 1.00 bits per heavy atom. The number of sulfonamides is 1. The maximum absolute atomic E-state index is 12.6. The summed E-state index contributed by atoms with van der Waals surface area (Å²) in [5.41, 5.74) is 1.07. The summed E-state index contributed by atoms with van der Waals surface area (Å²) in [6.45, 7) is 3.05. The SMILES string of the molecule is O=S(=O)(c1ccc(Cl)s1)N1CCN(Cc2ccccc2Cl)CC1. The van der Waals surface area contributed by atoms with Crippen LogP contribution in [0.4, 0.5) is 0 Å². The number of hydrogen-bond acceptors (Lipinski definition) is 4. The second-order valence-electron chi connectivity index (χ2n) is 5.33. The van der Waals surface area contributed by atoms with E-state index >= 15 is 0 Å². The molecule has 124 valence electrons. The van der Waals surface area contributed by atoms with Gasteiger partial charge in [-0.05, 0) is 23.8 Å². The first kappa shape index (κ1) is 17.2. The Morgan fingerprint density at radius 3 is 2.30 bits per heavy atom. The molecule has 2 aromatic rings. The van der Waals surface area contributed by atoms with Gasteiger partial charge in [0, 0.05) is 37.7 Å². The fourth-order valence-electron chi connectivity index (χ4n) is 2.56. The molecule has 0 amide bonds. The van der Waals surface area contributed by atoms with Gasteiger partial charge in [0.1, 0.15) is 4.21 Å². The van der Waals surface area contributed by atoms with Crippen LogP contribution in [0.15, 0.2) is 40.6 Å². The van der Waals surface area contributed by atoms with Crippen molar-refractivity contribution in [1.29, 1.82) is 0 Å². The Balaban J connectivity index is 1.63. The lowest BCUT2D eigenvalue weighted by molar-refractivity contribution is 0.182. The molecule has 4 nitrogen and oxygen atoms in total. The normalized spacial score (nSPS) is 17.5. The van der Waals surface area contributed by atoms with Crippen LogP contribution in [0, 0.1) is 0 Å². The van der Waals surface area contributed by atoms with Gasteiger partial charge in [-0.25, -0.2) is 8.42 Å². The number of halogens is 2. The van der Waals surface area contributed by atoms with Gasteiger partial charge in [-0.15, -0.1) is 11.3 Å². The maximum atomic E-state index is 12.6. The third-order valence-electron chi connectivity index (χ3n) is 3.83. The van der Waals surface area contributed by atoms with Crippen LogP contribution in [-0.4, -0.2) is 43.8 Å². The second-order valence-corrected chi connectivity index (χ2v) is 9.62. The first-order valence-electron chi connectivity index (χ1n) is 7.18. The zero-order chi connectivity index (χ0) is 16.4. The molecule has 0 saturated carbocycles. The molecule has 1 saturated heterocycles. The number of rotatable bonds is 4. The first-order valence-corrected chi connectivity index (χ1v) is 10.2.